The number of fused-ring (bicyclic) bond motifs is 2. The Hall–Kier alpha value is -1.00. The highest BCUT2D eigenvalue weighted by atomic mass is 15.2. The maximum Gasteiger partial charge on any atom is 0.0649 e. The first-order chi connectivity index (χ1) is 7.36. The van der Waals surface area contributed by atoms with Crippen LogP contribution in [-0.4, -0.2) is 34.9 Å². The van der Waals surface area contributed by atoms with Gasteiger partial charge in [-0.3, -0.25) is 0 Å². The van der Waals surface area contributed by atoms with E-state index in [0.29, 0.717) is 6.04 Å². The van der Waals surface area contributed by atoms with Gasteiger partial charge >= 0.3 is 0 Å². The van der Waals surface area contributed by atoms with Crippen molar-refractivity contribution < 1.29 is 0 Å². The van der Waals surface area contributed by atoms with Gasteiger partial charge in [0.15, 0.2) is 0 Å². The molecule has 2 unspecified atom stereocenters. The number of aromatic nitrogens is 2. The highest BCUT2D eigenvalue weighted by Crippen LogP contribution is 2.28. The third-order valence-electron chi connectivity index (χ3n) is 3.48. The molecule has 3 heterocycles. The van der Waals surface area contributed by atoms with Gasteiger partial charge in [-0.15, -0.1) is 0 Å². The second-order valence-corrected chi connectivity index (χ2v) is 4.68. The zero-order valence-corrected chi connectivity index (χ0v) is 8.74. The molecule has 3 rings (SSSR count). The van der Waals surface area contributed by atoms with Crippen molar-refractivity contribution in [3.05, 3.63) is 24.0 Å². The Morgan fingerprint density at radius 3 is 3.40 bits per heavy atom. The number of rotatable bonds is 2. The highest BCUT2D eigenvalue weighted by Gasteiger charge is 2.41. The van der Waals surface area contributed by atoms with E-state index < -0.39 is 0 Å². The number of hydrogen-bond acceptors (Lipinski definition) is 4. The van der Waals surface area contributed by atoms with Crippen LogP contribution in [0.5, 0.6) is 0 Å². The van der Waals surface area contributed by atoms with Gasteiger partial charge in [0.25, 0.3) is 0 Å². The van der Waals surface area contributed by atoms with Crippen LogP contribution in [0.25, 0.3) is 0 Å². The van der Waals surface area contributed by atoms with Crippen molar-refractivity contribution in [3.8, 4) is 0 Å². The van der Waals surface area contributed by atoms with Crippen molar-refractivity contribution in [2.24, 2.45) is 0 Å². The van der Waals surface area contributed by atoms with Crippen LogP contribution >= 0.6 is 0 Å². The summed E-state index contributed by atoms with van der Waals surface area (Å²) in [4.78, 5) is 0. The molecule has 1 aromatic heterocycles. The molecular weight excluding hydrogens is 188 g/mol. The molecule has 2 fully saturated rings. The Bertz CT molecular complexity index is 336. The lowest BCUT2D eigenvalue weighted by atomic mass is 9.91. The standard InChI is InChI=1S/C11H16N4/c1-2-9(15-13-5-1)6-11-4-3-10(14-11)7-12-8-11/h1-2,5,10,12,14H,3-4,6-8H2. The fourth-order valence-corrected chi connectivity index (χ4v) is 2.78. The topological polar surface area (TPSA) is 49.8 Å². The molecule has 1 aromatic rings. The third kappa shape index (κ3) is 1.75. The lowest BCUT2D eigenvalue weighted by Gasteiger charge is -2.35. The molecule has 0 aliphatic carbocycles. The maximum absolute atomic E-state index is 4.17. The fraction of sp³-hybridized carbons (Fsp3) is 0.636. The van der Waals surface area contributed by atoms with Crippen LogP contribution in [0, 0.1) is 0 Å². The van der Waals surface area contributed by atoms with Gasteiger partial charge in [0.2, 0.25) is 0 Å². The molecule has 2 atom stereocenters. The number of piperazine rings is 1. The molecule has 0 saturated carbocycles. The summed E-state index contributed by atoms with van der Waals surface area (Å²) in [6, 6.07) is 4.68. The Balaban J connectivity index is 1.77. The normalized spacial score (nSPS) is 34.3. The van der Waals surface area contributed by atoms with Crippen LogP contribution in [0.15, 0.2) is 18.3 Å². The summed E-state index contributed by atoms with van der Waals surface area (Å²) in [5.74, 6) is 0. The molecule has 0 amide bonds. The molecule has 4 heteroatoms. The van der Waals surface area contributed by atoms with E-state index in [1.54, 1.807) is 6.20 Å². The number of nitrogens with one attached hydrogen (secondary N) is 2. The van der Waals surface area contributed by atoms with Crippen molar-refractivity contribution in [2.75, 3.05) is 13.1 Å². The Morgan fingerprint density at radius 1 is 1.53 bits per heavy atom. The van der Waals surface area contributed by atoms with Gasteiger partial charge in [0.1, 0.15) is 0 Å². The van der Waals surface area contributed by atoms with Gasteiger partial charge in [-0.25, -0.2) is 0 Å². The first-order valence-electron chi connectivity index (χ1n) is 5.61. The summed E-state index contributed by atoms with van der Waals surface area (Å²) >= 11 is 0. The predicted molar refractivity (Wildman–Crippen MR) is 57.5 cm³/mol. The van der Waals surface area contributed by atoms with Gasteiger partial charge in [-0.1, -0.05) is 0 Å². The zero-order chi connectivity index (χ0) is 10.1. The predicted octanol–water partition coefficient (Wildman–Crippen LogP) is 0.113. The molecule has 0 radical (unpaired) electrons. The van der Waals surface area contributed by atoms with Gasteiger partial charge in [0.05, 0.1) is 5.69 Å². The molecule has 15 heavy (non-hydrogen) atoms. The average Bonchev–Trinajstić information content (AvgIpc) is 2.55. The van der Waals surface area contributed by atoms with E-state index >= 15 is 0 Å². The van der Waals surface area contributed by atoms with E-state index in [1.807, 2.05) is 6.07 Å². The van der Waals surface area contributed by atoms with E-state index in [0.717, 1.165) is 25.2 Å². The summed E-state index contributed by atoms with van der Waals surface area (Å²) in [7, 11) is 0. The van der Waals surface area contributed by atoms with Crippen molar-refractivity contribution in [3.63, 3.8) is 0 Å². The van der Waals surface area contributed by atoms with E-state index in [9.17, 15) is 0 Å². The second-order valence-electron chi connectivity index (χ2n) is 4.68. The van der Waals surface area contributed by atoms with Gasteiger partial charge < -0.3 is 10.6 Å². The summed E-state index contributed by atoms with van der Waals surface area (Å²) in [5, 5.41) is 15.3. The molecule has 0 aromatic carbocycles. The minimum atomic E-state index is 0.235. The molecule has 2 aliphatic rings. The molecule has 2 aliphatic heterocycles. The van der Waals surface area contributed by atoms with Crippen molar-refractivity contribution in [1.82, 2.24) is 20.8 Å². The maximum atomic E-state index is 4.17. The monoisotopic (exact) mass is 204 g/mol. The van der Waals surface area contributed by atoms with Gasteiger partial charge in [0, 0.05) is 37.3 Å². The SMILES string of the molecule is c1cnnc(CC23CCC(CNC2)N3)c1. The fourth-order valence-electron chi connectivity index (χ4n) is 2.78. The van der Waals surface area contributed by atoms with Crippen LogP contribution in [0.4, 0.5) is 0 Å². The molecule has 2 saturated heterocycles. The van der Waals surface area contributed by atoms with E-state index in [-0.39, 0.29) is 5.54 Å². The zero-order valence-electron chi connectivity index (χ0n) is 8.74. The molecule has 2 bridgehead atoms. The molecule has 2 N–H and O–H groups in total. The van der Waals surface area contributed by atoms with Crippen molar-refractivity contribution in [1.29, 1.82) is 0 Å². The Morgan fingerprint density at radius 2 is 2.53 bits per heavy atom. The van der Waals surface area contributed by atoms with E-state index in [4.69, 9.17) is 0 Å². The van der Waals surface area contributed by atoms with Crippen molar-refractivity contribution in [2.45, 2.75) is 30.8 Å². The lowest BCUT2D eigenvalue weighted by Crippen LogP contribution is -2.59. The van der Waals surface area contributed by atoms with Gasteiger partial charge in [-0.2, -0.15) is 10.2 Å². The number of hydrogen-bond donors (Lipinski definition) is 2. The minimum absolute atomic E-state index is 0.235. The Labute approximate surface area is 89.5 Å². The van der Waals surface area contributed by atoms with E-state index in [1.165, 1.54) is 12.8 Å². The molecule has 4 nitrogen and oxygen atoms in total. The Kier molecular flexibility index (Phi) is 2.18. The minimum Gasteiger partial charge on any atom is -0.313 e. The van der Waals surface area contributed by atoms with Gasteiger partial charge in [-0.05, 0) is 25.0 Å². The summed E-state index contributed by atoms with van der Waals surface area (Å²) in [6.45, 7) is 2.17. The second kappa shape index (κ2) is 3.54. The highest BCUT2D eigenvalue weighted by molar-refractivity contribution is 5.12. The molecule has 0 spiro atoms. The smallest absolute Gasteiger partial charge is 0.0649 e. The molecular formula is C11H16N4. The first kappa shape index (κ1) is 9.24. The van der Waals surface area contributed by atoms with Crippen LogP contribution in [0.3, 0.4) is 0 Å². The van der Waals surface area contributed by atoms with Crippen molar-refractivity contribution >= 4 is 0 Å². The summed E-state index contributed by atoms with van der Waals surface area (Å²) in [5.41, 5.74) is 1.33. The summed E-state index contributed by atoms with van der Waals surface area (Å²) < 4.78 is 0. The quantitative estimate of drug-likeness (QED) is 0.718. The van der Waals surface area contributed by atoms with Crippen LogP contribution in [0.1, 0.15) is 18.5 Å². The van der Waals surface area contributed by atoms with Crippen LogP contribution in [-0.2, 0) is 6.42 Å². The van der Waals surface area contributed by atoms with Crippen LogP contribution < -0.4 is 10.6 Å². The third-order valence-corrected chi connectivity index (χ3v) is 3.48. The van der Waals surface area contributed by atoms with E-state index in [2.05, 4.69) is 26.9 Å². The largest absolute Gasteiger partial charge is 0.313 e. The lowest BCUT2D eigenvalue weighted by molar-refractivity contribution is 0.289. The average molecular weight is 204 g/mol. The van der Waals surface area contributed by atoms with Crippen LogP contribution in [0.2, 0.25) is 0 Å². The molecule has 80 valence electrons. The number of nitrogens with zero attached hydrogens (tertiary/aromatic N) is 2. The first-order valence-corrected chi connectivity index (χ1v) is 5.61. The summed E-state index contributed by atoms with van der Waals surface area (Å²) in [6.07, 6.45) is 5.25.